The Morgan fingerprint density at radius 1 is 1.21 bits per heavy atom. The van der Waals surface area contributed by atoms with Crippen molar-refractivity contribution in [3.8, 4) is 11.3 Å². The van der Waals surface area contributed by atoms with Crippen molar-refractivity contribution in [2.24, 2.45) is 11.1 Å². The highest BCUT2D eigenvalue weighted by molar-refractivity contribution is 6.43. The Bertz CT molecular complexity index is 925. The summed E-state index contributed by atoms with van der Waals surface area (Å²) in [6, 6.07) is 5.43. The molecule has 0 amide bonds. The van der Waals surface area contributed by atoms with Crippen molar-refractivity contribution in [2.45, 2.75) is 38.8 Å². The molecule has 4 rings (SSSR count). The van der Waals surface area contributed by atoms with Gasteiger partial charge in [0, 0.05) is 18.7 Å². The number of aliphatic hydroxyl groups excluding tert-OH is 1. The van der Waals surface area contributed by atoms with E-state index < -0.39 is 0 Å². The fourth-order valence-electron chi connectivity index (χ4n) is 4.22. The van der Waals surface area contributed by atoms with Crippen LogP contribution >= 0.6 is 23.2 Å². The average molecular weight is 437 g/mol. The Morgan fingerprint density at radius 3 is 2.48 bits per heavy atom. The second-order valence-electron chi connectivity index (χ2n) is 8.38. The van der Waals surface area contributed by atoms with Crippen LogP contribution in [0, 0.1) is 12.3 Å². The topological polar surface area (TPSA) is 84.5 Å². The van der Waals surface area contributed by atoms with E-state index in [1.165, 1.54) is 0 Å². The van der Waals surface area contributed by atoms with Crippen LogP contribution in [0.25, 0.3) is 11.3 Å². The molecule has 2 aliphatic rings. The summed E-state index contributed by atoms with van der Waals surface area (Å²) in [6.07, 6.45) is 1.89. The van der Waals surface area contributed by atoms with E-state index in [0.29, 0.717) is 40.2 Å². The molecule has 2 aliphatic heterocycles. The molecular weight excluding hydrogens is 411 g/mol. The van der Waals surface area contributed by atoms with Gasteiger partial charge in [0.1, 0.15) is 5.69 Å². The Kier molecular flexibility index (Phi) is 5.51. The quantitative estimate of drug-likeness (QED) is 0.761. The maximum atomic E-state index is 9.99. The Labute approximate surface area is 181 Å². The molecule has 29 heavy (non-hydrogen) atoms. The molecule has 2 fully saturated rings. The van der Waals surface area contributed by atoms with Gasteiger partial charge in [0.15, 0.2) is 5.82 Å². The minimum absolute atomic E-state index is 0.0395. The molecule has 2 aromatic rings. The van der Waals surface area contributed by atoms with Gasteiger partial charge in [0.05, 0.1) is 46.8 Å². The van der Waals surface area contributed by atoms with E-state index >= 15 is 0 Å². The van der Waals surface area contributed by atoms with E-state index in [-0.39, 0.29) is 17.6 Å². The lowest BCUT2D eigenvalue weighted by molar-refractivity contribution is -0.123. The zero-order valence-electron chi connectivity index (χ0n) is 16.7. The number of benzene rings is 1. The first kappa shape index (κ1) is 20.8. The molecule has 0 spiro atoms. The second-order valence-corrected chi connectivity index (χ2v) is 9.17. The Balaban J connectivity index is 1.62. The van der Waals surface area contributed by atoms with Crippen LogP contribution in [0.3, 0.4) is 0 Å². The number of piperidine rings is 1. The fourth-order valence-corrected chi connectivity index (χ4v) is 4.61. The number of nitrogens with two attached hydrogens (primary N) is 1. The summed E-state index contributed by atoms with van der Waals surface area (Å²) in [4.78, 5) is 11.7. The fraction of sp³-hybridized carbons (Fsp3) is 0.524. The maximum absolute atomic E-state index is 9.99. The second kappa shape index (κ2) is 7.67. The normalized spacial score (nSPS) is 20.4. The number of nitrogens with zero attached hydrogens (tertiary/aromatic N) is 3. The van der Waals surface area contributed by atoms with Crippen LogP contribution in [0.15, 0.2) is 18.2 Å². The van der Waals surface area contributed by atoms with Gasteiger partial charge in [-0.2, -0.15) is 0 Å². The molecule has 0 aliphatic carbocycles. The predicted octanol–water partition coefficient (Wildman–Crippen LogP) is 3.59. The molecule has 1 aromatic carbocycles. The highest BCUT2D eigenvalue weighted by Gasteiger charge is 2.51. The van der Waals surface area contributed by atoms with Gasteiger partial charge in [-0.1, -0.05) is 42.3 Å². The van der Waals surface area contributed by atoms with Gasteiger partial charge in [-0.3, -0.25) is 0 Å². The molecule has 0 saturated carbocycles. The summed E-state index contributed by atoms with van der Waals surface area (Å²) in [7, 11) is 0. The number of hydrogen-bond donors (Lipinski definition) is 2. The van der Waals surface area contributed by atoms with Gasteiger partial charge in [-0.05, 0) is 31.2 Å². The third kappa shape index (κ3) is 3.51. The molecule has 0 radical (unpaired) electrons. The minimum atomic E-state index is -0.242. The van der Waals surface area contributed by atoms with E-state index in [4.69, 9.17) is 43.6 Å². The van der Waals surface area contributed by atoms with Crippen molar-refractivity contribution >= 4 is 29.0 Å². The van der Waals surface area contributed by atoms with E-state index in [0.717, 1.165) is 37.4 Å². The lowest BCUT2D eigenvalue weighted by Crippen LogP contribution is -2.69. The number of halogens is 2. The van der Waals surface area contributed by atoms with Crippen LogP contribution in [-0.2, 0) is 11.3 Å². The van der Waals surface area contributed by atoms with Crippen molar-refractivity contribution in [3.63, 3.8) is 0 Å². The summed E-state index contributed by atoms with van der Waals surface area (Å²) in [5.74, 6) is 0.727. The smallest absolute Gasteiger partial charge is 0.153 e. The highest BCUT2D eigenvalue weighted by atomic mass is 35.5. The summed E-state index contributed by atoms with van der Waals surface area (Å²) in [6.45, 7) is 6.83. The molecular formula is C21H26Cl2N4O2. The van der Waals surface area contributed by atoms with Crippen molar-refractivity contribution in [2.75, 3.05) is 31.2 Å². The monoisotopic (exact) mass is 436 g/mol. The Morgan fingerprint density at radius 2 is 1.90 bits per heavy atom. The number of anilines is 1. The van der Waals surface area contributed by atoms with Crippen LogP contribution < -0.4 is 10.6 Å². The minimum Gasteiger partial charge on any atom is -0.390 e. The largest absolute Gasteiger partial charge is 0.390 e. The molecule has 1 aromatic heterocycles. The molecule has 0 unspecified atom stereocenters. The number of rotatable bonds is 4. The van der Waals surface area contributed by atoms with Crippen molar-refractivity contribution in [1.29, 1.82) is 0 Å². The average Bonchev–Trinajstić information content (AvgIpc) is 2.69. The van der Waals surface area contributed by atoms with Gasteiger partial charge in [-0.25, -0.2) is 9.97 Å². The standard InChI is InChI=1S/C21H26Cl2N4O2/c1-13-18(14-4-3-5-15(22)17(14)23)26-16(10-28)19(25-13)27-8-6-20(2,7-9-27)21(24)11-29-12-21/h3-5,28H,6-12,24H2,1-2H3. The predicted molar refractivity (Wildman–Crippen MR) is 115 cm³/mol. The lowest BCUT2D eigenvalue weighted by Gasteiger charge is -2.54. The van der Waals surface area contributed by atoms with E-state index in [1.54, 1.807) is 6.07 Å². The van der Waals surface area contributed by atoms with Crippen LogP contribution in [0.4, 0.5) is 5.82 Å². The van der Waals surface area contributed by atoms with Crippen molar-refractivity contribution in [3.05, 3.63) is 39.6 Å². The number of aryl methyl sites for hydroxylation is 1. The molecule has 0 bridgehead atoms. The summed E-state index contributed by atoms with van der Waals surface area (Å²) >= 11 is 12.5. The number of aliphatic hydroxyl groups is 1. The van der Waals surface area contributed by atoms with Gasteiger partial charge in [0.2, 0.25) is 0 Å². The van der Waals surface area contributed by atoms with Crippen molar-refractivity contribution < 1.29 is 9.84 Å². The lowest BCUT2D eigenvalue weighted by atomic mass is 9.64. The van der Waals surface area contributed by atoms with E-state index in [2.05, 4.69) is 11.8 Å². The van der Waals surface area contributed by atoms with Gasteiger partial charge in [0.25, 0.3) is 0 Å². The molecule has 156 valence electrons. The van der Waals surface area contributed by atoms with Crippen LogP contribution in [0.5, 0.6) is 0 Å². The highest BCUT2D eigenvalue weighted by Crippen LogP contribution is 2.44. The first-order valence-corrected chi connectivity index (χ1v) is 10.6. The zero-order valence-corrected chi connectivity index (χ0v) is 18.2. The third-order valence-corrected chi connectivity index (χ3v) is 7.38. The van der Waals surface area contributed by atoms with E-state index in [9.17, 15) is 5.11 Å². The van der Waals surface area contributed by atoms with Gasteiger partial charge >= 0.3 is 0 Å². The number of ether oxygens (including phenoxy) is 1. The SMILES string of the molecule is Cc1nc(N2CCC(C)(C3(N)COC3)CC2)c(CO)nc1-c1cccc(Cl)c1Cl. The van der Waals surface area contributed by atoms with Crippen molar-refractivity contribution in [1.82, 2.24) is 9.97 Å². The third-order valence-electron chi connectivity index (χ3n) is 6.57. The Hall–Kier alpha value is -1.44. The maximum Gasteiger partial charge on any atom is 0.153 e. The molecule has 3 N–H and O–H groups in total. The molecule has 6 nitrogen and oxygen atoms in total. The zero-order chi connectivity index (χ0) is 20.8. The van der Waals surface area contributed by atoms with Gasteiger partial charge < -0.3 is 20.5 Å². The van der Waals surface area contributed by atoms with Crippen LogP contribution in [0.2, 0.25) is 10.0 Å². The first-order valence-electron chi connectivity index (χ1n) is 9.82. The molecule has 3 heterocycles. The molecule has 8 heteroatoms. The number of aromatic nitrogens is 2. The summed E-state index contributed by atoms with van der Waals surface area (Å²) in [5.41, 5.74) is 8.99. The molecule has 2 saturated heterocycles. The number of hydrogen-bond acceptors (Lipinski definition) is 6. The summed E-state index contributed by atoms with van der Waals surface area (Å²) < 4.78 is 5.38. The van der Waals surface area contributed by atoms with Gasteiger partial charge in [-0.15, -0.1) is 0 Å². The summed E-state index contributed by atoms with van der Waals surface area (Å²) in [5, 5.41) is 10.9. The van der Waals surface area contributed by atoms with Crippen LogP contribution in [0.1, 0.15) is 31.2 Å². The first-order chi connectivity index (χ1) is 13.8. The van der Waals surface area contributed by atoms with E-state index in [1.807, 2.05) is 19.1 Å². The molecule has 0 atom stereocenters. The van der Waals surface area contributed by atoms with Crippen LogP contribution in [-0.4, -0.2) is 46.9 Å².